The predicted molar refractivity (Wildman–Crippen MR) is 78.4 cm³/mol. The molecule has 0 saturated heterocycles. The van der Waals surface area contributed by atoms with Gasteiger partial charge in [0.15, 0.2) is 0 Å². The van der Waals surface area contributed by atoms with Crippen LogP contribution in [0.1, 0.15) is 13.8 Å². The zero-order chi connectivity index (χ0) is 12.8. The van der Waals surface area contributed by atoms with Gasteiger partial charge in [-0.25, -0.2) is 0 Å². The monoisotopic (exact) mass is 236 g/mol. The van der Waals surface area contributed by atoms with E-state index in [1.54, 1.807) is 0 Å². The summed E-state index contributed by atoms with van der Waals surface area (Å²) in [4.78, 5) is 9.08. The van der Waals surface area contributed by atoms with Gasteiger partial charge in [-0.3, -0.25) is 9.98 Å². The van der Waals surface area contributed by atoms with E-state index in [2.05, 4.69) is 9.98 Å². The topological polar surface area (TPSA) is 24.7 Å². The van der Waals surface area contributed by atoms with Crippen molar-refractivity contribution in [2.24, 2.45) is 9.98 Å². The van der Waals surface area contributed by atoms with Gasteiger partial charge >= 0.3 is 0 Å². The Balaban J connectivity index is 2.21. The molecule has 0 saturated carbocycles. The highest BCUT2D eigenvalue weighted by Crippen LogP contribution is 2.13. The van der Waals surface area contributed by atoms with Gasteiger partial charge in [0.1, 0.15) is 0 Å². The lowest BCUT2D eigenvalue weighted by Gasteiger charge is -2.01. The van der Waals surface area contributed by atoms with E-state index < -0.39 is 0 Å². The van der Waals surface area contributed by atoms with Gasteiger partial charge < -0.3 is 0 Å². The molecule has 0 N–H and O–H groups in total. The lowest BCUT2D eigenvalue weighted by molar-refractivity contribution is 1.47. The first-order chi connectivity index (χ1) is 8.75. The van der Waals surface area contributed by atoms with E-state index in [-0.39, 0.29) is 0 Å². The summed E-state index contributed by atoms with van der Waals surface area (Å²) in [6.45, 7) is 3.96. The van der Waals surface area contributed by atoms with Gasteiger partial charge in [0.2, 0.25) is 0 Å². The Labute approximate surface area is 108 Å². The fourth-order valence-electron chi connectivity index (χ4n) is 1.55. The molecule has 0 heterocycles. The molecule has 0 aliphatic carbocycles. The van der Waals surface area contributed by atoms with Gasteiger partial charge in [-0.05, 0) is 38.1 Å². The van der Waals surface area contributed by atoms with E-state index in [1.165, 1.54) is 0 Å². The third-order valence-electron chi connectivity index (χ3n) is 2.63. The zero-order valence-electron chi connectivity index (χ0n) is 10.7. The van der Waals surface area contributed by atoms with Gasteiger partial charge in [0.05, 0.1) is 22.8 Å². The van der Waals surface area contributed by atoms with Crippen LogP contribution in [0, 0.1) is 0 Å². The summed E-state index contributed by atoms with van der Waals surface area (Å²) in [5, 5.41) is 0. The van der Waals surface area contributed by atoms with E-state index >= 15 is 0 Å². The van der Waals surface area contributed by atoms with Crippen molar-refractivity contribution in [3.63, 3.8) is 0 Å². The van der Waals surface area contributed by atoms with Crippen LogP contribution in [0.15, 0.2) is 70.6 Å². The Morgan fingerprint density at radius 3 is 1.28 bits per heavy atom. The number of rotatable bonds is 3. The quantitative estimate of drug-likeness (QED) is 0.697. The largest absolute Gasteiger partial charge is 0.252 e. The molecule has 2 heteroatoms. The number of nitrogens with zero attached hydrogens (tertiary/aromatic N) is 2. The smallest absolute Gasteiger partial charge is 0.0633 e. The third kappa shape index (κ3) is 3.39. The number of benzene rings is 2. The second-order valence-corrected chi connectivity index (χ2v) is 4.07. The zero-order valence-corrected chi connectivity index (χ0v) is 10.7. The molecule has 0 amide bonds. The lowest BCUT2D eigenvalue weighted by Crippen LogP contribution is -2.04. The number of para-hydroxylation sites is 2. The molecule has 2 aromatic rings. The Kier molecular flexibility index (Phi) is 4.02. The minimum atomic E-state index is 0.935. The summed E-state index contributed by atoms with van der Waals surface area (Å²) in [5.74, 6) is 0. The predicted octanol–water partition coefficient (Wildman–Crippen LogP) is 4.57. The first-order valence-electron chi connectivity index (χ1n) is 5.97. The number of aliphatic imine (C=N–C) groups is 2. The van der Waals surface area contributed by atoms with Crippen molar-refractivity contribution < 1.29 is 0 Å². The lowest BCUT2D eigenvalue weighted by atomic mass is 10.2. The van der Waals surface area contributed by atoms with Crippen LogP contribution in [0.2, 0.25) is 0 Å². The Morgan fingerprint density at radius 2 is 0.944 bits per heavy atom. The van der Waals surface area contributed by atoms with Gasteiger partial charge in [-0.15, -0.1) is 0 Å². The first kappa shape index (κ1) is 12.2. The molecule has 0 fully saturated rings. The van der Waals surface area contributed by atoms with Crippen molar-refractivity contribution in [3.05, 3.63) is 60.7 Å². The van der Waals surface area contributed by atoms with E-state index in [9.17, 15) is 0 Å². The molecule has 0 unspecified atom stereocenters. The normalized spacial score (nSPS) is 12.6. The van der Waals surface area contributed by atoms with Gasteiger partial charge in [0.25, 0.3) is 0 Å². The summed E-state index contributed by atoms with van der Waals surface area (Å²) >= 11 is 0. The second kappa shape index (κ2) is 5.92. The molecular weight excluding hydrogens is 220 g/mol. The van der Waals surface area contributed by atoms with Crippen molar-refractivity contribution in [2.45, 2.75) is 13.8 Å². The highest BCUT2D eigenvalue weighted by molar-refractivity contribution is 6.41. The molecule has 0 aliphatic rings. The SMILES string of the molecule is CC(=Nc1ccccc1)C(C)=Nc1ccccc1. The molecule has 0 aliphatic heterocycles. The van der Waals surface area contributed by atoms with Gasteiger partial charge in [-0.2, -0.15) is 0 Å². The highest BCUT2D eigenvalue weighted by Gasteiger charge is 1.98. The maximum Gasteiger partial charge on any atom is 0.0633 e. The molecule has 0 atom stereocenters. The van der Waals surface area contributed by atoms with E-state index in [0.717, 1.165) is 22.8 Å². The maximum absolute atomic E-state index is 4.54. The highest BCUT2D eigenvalue weighted by atomic mass is 14.8. The number of hydrogen-bond acceptors (Lipinski definition) is 2. The maximum atomic E-state index is 4.54. The summed E-state index contributed by atoms with van der Waals surface area (Å²) in [6.07, 6.45) is 0. The fraction of sp³-hybridized carbons (Fsp3) is 0.125. The van der Waals surface area contributed by atoms with Crippen molar-refractivity contribution in [2.75, 3.05) is 0 Å². The first-order valence-corrected chi connectivity index (χ1v) is 5.97. The standard InChI is InChI=1S/C16H16N2/c1-13(17-15-9-5-3-6-10-15)14(2)18-16-11-7-4-8-12-16/h3-12H,1-2H3. The van der Waals surface area contributed by atoms with Crippen LogP contribution in [0.5, 0.6) is 0 Å². The van der Waals surface area contributed by atoms with Crippen LogP contribution >= 0.6 is 0 Å². The molecule has 0 aromatic heterocycles. The van der Waals surface area contributed by atoms with Crippen LogP contribution in [0.4, 0.5) is 11.4 Å². The molecule has 0 radical (unpaired) electrons. The van der Waals surface area contributed by atoms with E-state index in [1.807, 2.05) is 74.5 Å². The molecule has 90 valence electrons. The average Bonchev–Trinajstić information content (AvgIpc) is 2.41. The summed E-state index contributed by atoms with van der Waals surface area (Å²) in [7, 11) is 0. The second-order valence-electron chi connectivity index (χ2n) is 4.07. The fourth-order valence-corrected chi connectivity index (χ4v) is 1.55. The molecular formula is C16H16N2. The summed E-state index contributed by atoms with van der Waals surface area (Å²) in [6, 6.07) is 19.8. The van der Waals surface area contributed by atoms with Crippen LogP contribution in [-0.4, -0.2) is 11.4 Å². The van der Waals surface area contributed by atoms with Crippen molar-refractivity contribution in [1.82, 2.24) is 0 Å². The van der Waals surface area contributed by atoms with Gasteiger partial charge in [0, 0.05) is 0 Å². The molecule has 2 rings (SSSR count). The minimum absolute atomic E-state index is 0.935. The summed E-state index contributed by atoms with van der Waals surface area (Å²) < 4.78 is 0. The van der Waals surface area contributed by atoms with Crippen LogP contribution in [0.25, 0.3) is 0 Å². The van der Waals surface area contributed by atoms with E-state index in [0.29, 0.717) is 0 Å². The molecule has 18 heavy (non-hydrogen) atoms. The van der Waals surface area contributed by atoms with Crippen LogP contribution in [0.3, 0.4) is 0 Å². The Hall–Kier alpha value is -2.22. The van der Waals surface area contributed by atoms with E-state index in [4.69, 9.17) is 0 Å². The van der Waals surface area contributed by atoms with Crippen molar-refractivity contribution in [3.8, 4) is 0 Å². The Morgan fingerprint density at radius 1 is 0.611 bits per heavy atom. The Bertz CT molecular complexity index is 501. The molecule has 0 spiro atoms. The summed E-state index contributed by atoms with van der Waals surface area (Å²) in [5.41, 5.74) is 3.78. The molecule has 2 nitrogen and oxygen atoms in total. The molecule has 0 bridgehead atoms. The minimum Gasteiger partial charge on any atom is -0.252 e. The molecule has 2 aromatic carbocycles. The van der Waals surface area contributed by atoms with Crippen LogP contribution in [-0.2, 0) is 0 Å². The van der Waals surface area contributed by atoms with Crippen molar-refractivity contribution in [1.29, 1.82) is 0 Å². The average molecular weight is 236 g/mol. The third-order valence-corrected chi connectivity index (χ3v) is 2.63. The number of hydrogen-bond donors (Lipinski definition) is 0. The van der Waals surface area contributed by atoms with Gasteiger partial charge in [-0.1, -0.05) is 36.4 Å². The van der Waals surface area contributed by atoms with Crippen molar-refractivity contribution >= 4 is 22.8 Å². The van der Waals surface area contributed by atoms with Crippen LogP contribution < -0.4 is 0 Å².